The Morgan fingerprint density at radius 2 is 1.69 bits per heavy atom. The minimum atomic E-state index is -0.0304. The number of nitrogens with zero attached hydrogens (tertiary/aromatic N) is 6. The maximum Gasteiger partial charge on any atom is 0.261 e. The lowest BCUT2D eigenvalue weighted by atomic mass is 10.2. The van der Waals surface area contributed by atoms with Gasteiger partial charge in [-0.1, -0.05) is 23.9 Å². The molecule has 32 heavy (non-hydrogen) atoms. The molecule has 8 heteroatoms. The second kappa shape index (κ2) is 9.56. The van der Waals surface area contributed by atoms with Gasteiger partial charge in [0.2, 0.25) is 0 Å². The molecule has 0 saturated carbocycles. The summed E-state index contributed by atoms with van der Waals surface area (Å²) >= 11 is 1.55. The summed E-state index contributed by atoms with van der Waals surface area (Å²) in [4.78, 5) is 19.7. The summed E-state index contributed by atoms with van der Waals surface area (Å²) < 4.78 is 3.73. The summed E-state index contributed by atoms with van der Waals surface area (Å²) in [6.07, 6.45) is 0. The molecule has 0 unspecified atom stereocenters. The van der Waals surface area contributed by atoms with Gasteiger partial charge in [0.15, 0.2) is 11.0 Å². The van der Waals surface area contributed by atoms with Gasteiger partial charge >= 0.3 is 0 Å². The quantitative estimate of drug-likeness (QED) is 0.373. The van der Waals surface area contributed by atoms with Crippen LogP contribution in [0.2, 0.25) is 0 Å². The number of anilines is 1. The first-order chi connectivity index (χ1) is 15.6. The van der Waals surface area contributed by atoms with E-state index in [1.165, 1.54) is 5.69 Å². The van der Waals surface area contributed by atoms with E-state index in [0.717, 1.165) is 47.5 Å². The SMILES string of the molecule is CCN(CC)c1ccc(-c2nnc(SCc3nc4ccccc4c(=O)n3C)n2CC)cc1. The van der Waals surface area contributed by atoms with Gasteiger partial charge in [-0.2, -0.15) is 0 Å². The summed E-state index contributed by atoms with van der Waals surface area (Å²) in [5.41, 5.74) is 2.94. The zero-order chi connectivity index (χ0) is 22.7. The largest absolute Gasteiger partial charge is 0.372 e. The van der Waals surface area contributed by atoms with E-state index in [2.05, 4.69) is 64.7 Å². The number of hydrogen-bond acceptors (Lipinski definition) is 6. The van der Waals surface area contributed by atoms with Gasteiger partial charge in [0.25, 0.3) is 5.56 Å². The van der Waals surface area contributed by atoms with E-state index < -0.39 is 0 Å². The molecule has 0 N–H and O–H groups in total. The first-order valence-electron chi connectivity index (χ1n) is 10.9. The second-order valence-electron chi connectivity index (χ2n) is 7.47. The van der Waals surface area contributed by atoms with Crippen molar-refractivity contribution >= 4 is 28.4 Å². The lowest BCUT2D eigenvalue weighted by Gasteiger charge is -2.21. The van der Waals surface area contributed by atoms with Crippen molar-refractivity contribution < 1.29 is 0 Å². The molecule has 2 heterocycles. The molecule has 4 aromatic rings. The molecular formula is C24H28N6OS. The normalized spacial score (nSPS) is 11.2. The number of benzene rings is 2. The van der Waals surface area contributed by atoms with E-state index in [1.807, 2.05) is 24.3 Å². The molecule has 0 amide bonds. The van der Waals surface area contributed by atoms with E-state index in [4.69, 9.17) is 4.98 Å². The molecule has 166 valence electrons. The Morgan fingerprint density at radius 3 is 2.38 bits per heavy atom. The molecule has 0 aliphatic rings. The van der Waals surface area contributed by atoms with Gasteiger partial charge in [0.1, 0.15) is 5.82 Å². The van der Waals surface area contributed by atoms with Gasteiger partial charge in [-0.3, -0.25) is 9.36 Å². The van der Waals surface area contributed by atoms with E-state index in [-0.39, 0.29) is 5.56 Å². The van der Waals surface area contributed by atoms with Crippen molar-refractivity contribution in [3.8, 4) is 11.4 Å². The molecule has 4 rings (SSSR count). The van der Waals surface area contributed by atoms with Crippen molar-refractivity contribution in [3.63, 3.8) is 0 Å². The first-order valence-corrected chi connectivity index (χ1v) is 11.9. The molecular weight excluding hydrogens is 420 g/mol. The third-order valence-electron chi connectivity index (χ3n) is 5.69. The Kier molecular flexibility index (Phi) is 6.60. The van der Waals surface area contributed by atoms with E-state index in [1.54, 1.807) is 23.4 Å². The number of para-hydroxylation sites is 1. The molecule has 0 aliphatic heterocycles. The van der Waals surface area contributed by atoms with E-state index in [9.17, 15) is 4.79 Å². The lowest BCUT2D eigenvalue weighted by molar-refractivity contribution is 0.686. The molecule has 0 atom stereocenters. The van der Waals surface area contributed by atoms with Crippen molar-refractivity contribution in [2.45, 2.75) is 38.2 Å². The monoisotopic (exact) mass is 448 g/mol. The fourth-order valence-corrected chi connectivity index (χ4v) is 4.81. The summed E-state index contributed by atoms with van der Waals surface area (Å²) in [5, 5.41) is 10.3. The van der Waals surface area contributed by atoms with Crippen LogP contribution in [0.25, 0.3) is 22.3 Å². The highest BCUT2D eigenvalue weighted by molar-refractivity contribution is 7.98. The third kappa shape index (κ3) is 4.14. The van der Waals surface area contributed by atoms with Gasteiger partial charge in [-0.15, -0.1) is 10.2 Å². The summed E-state index contributed by atoms with van der Waals surface area (Å²) in [7, 11) is 1.77. The number of fused-ring (bicyclic) bond motifs is 1. The van der Waals surface area contributed by atoms with Crippen molar-refractivity contribution in [1.29, 1.82) is 0 Å². The van der Waals surface area contributed by atoms with Crippen molar-refractivity contribution in [2.75, 3.05) is 18.0 Å². The number of hydrogen-bond donors (Lipinski definition) is 0. The molecule has 0 radical (unpaired) electrons. The Morgan fingerprint density at radius 1 is 0.969 bits per heavy atom. The Hall–Kier alpha value is -3.13. The highest BCUT2D eigenvalue weighted by Crippen LogP contribution is 2.27. The summed E-state index contributed by atoms with van der Waals surface area (Å²) in [5.74, 6) is 2.10. The van der Waals surface area contributed by atoms with Crippen LogP contribution in [-0.2, 0) is 19.3 Å². The highest BCUT2D eigenvalue weighted by Gasteiger charge is 2.15. The van der Waals surface area contributed by atoms with Crippen molar-refractivity contribution in [2.24, 2.45) is 7.05 Å². The van der Waals surface area contributed by atoms with Crippen LogP contribution in [0, 0.1) is 0 Å². The van der Waals surface area contributed by atoms with Gasteiger partial charge in [0, 0.05) is 37.9 Å². The number of aromatic nitrogens is 5. The minimum absolute atomic E-state index is 0.0304. The van der Waals surface area contributed by atoms with Crippen LogP contribution in [-0.4, -0.2) is 37.4 Å². The lowest BCUT2D eigenvalue weighted by Crippen LogP contribution is -2.22. The molecule has 0 aliphatic carbocycles. The van der Waals surface area contributed by atoms with Gasteiger partial charge in [-0.05, 0) is 57.2 Å². The summed E-state index contributed by atoms with van der Waals surface area (Å²) in [6, 6.07) is 15.9. The first kappa shape index (κ1) is 22.1. The maximum absolute atomic E-state index is 12.7. The third-order valence-corrected chi connectivity index (χ3v) is 6.66. The molecule has 0 bridgehead atoms. The van der Waals surface area contributed by atoms with Crippen LogP contribution < -0.4 is 10.5 Å². The fourth-order valence-electron chi connectivity index (χ4n) is 3.83. The molecule has 2 aromatic carbocycles. The van der Waals surface area contributed by atoms with Crippen LogP contribution in [0.5, 0.6) is 0 Å². The topological polar surface area (TPSA) is 68.8 Å². The predicted octanol–water partition coefficient (Wildman–Crippen LogP) is 4.35. The Bertz CT molecular complexity index is 1270. The fraction of sp³-hybridized carbons (Fsp3) is 0.333. The predicted molar refractivity (Wildman–Crippen MR) is 131 cm³/mol. The second-order valence-corrected chi connectivity index (χ2v) is 8.41. The van der Waals surface area contributed by atoms with Gasteiger partial charge in [-0.25, -0.2) is 4.98 Å². The number of rotatable bonds is 8. The number of thioether (sulfide) groups is 1. The molecule has 0 fully saturated rings. The minimum Gasteiger partial charge on any atom is -0.372 e. The van der Waals surface area contributed by atoms with Gasteiger partial charge < -0.3 is 9.47 Å². The van der Waals surface area contributed by atoms with Crippen LogP contribution in [0.4, 0.5) is 5.69 Å². The molecule has 0 saturated heterocycles. The van der Waals surface area contributed by atoms with Crippen LogP contribution >= 0.6 is 11.8 Å². The standard InChI is InChI=1S/C24H28N6OS/c1-5-29(6-2)18-14-12-17(13-15-18)22-26-27-24(30(22)7-3)32-16-21-25-20-11-9-8-10-19(20)23(31)28(21)4/h8-15H,5-7,16H2,1-4H3. The average molecular weight is 449 g/mol. The zero-order valence-electron chi connectivity index (χ0n) is 18.9. The van der Waals surface area contributed by atoms with Gasteiger partial charge in [0.05, 0.1) is 16.7 Å². The van der Waals surface area contributed by atoms with Crippen LogP contribution in [0.1, 0.15) is 26.6 Å². The Labute approximate surface area is 192 Å². The molecule has 2 aromatic heterocycles. The van der Waals surface area contributed by atoms with E-state index >= 15 is 0 Å². The zero-order valence-corrected chi connectivity index (χ0v) is 19.8. The maximum atomic E-state index is 12.7. The van der Waals surface area contributed by atoms with Crippen LogP contribution in [0.15, 0.2) is 58.5 Å². The van der Waals surface area contributed by atoms with Crippen LogP contribution in [0.3, 0.4) is 0 Å². The molecule has 7 nitrogen and oxygen atoms in total. The highest BCUT2D eigenvalue weighted by atomic mass is 32.2. The van der Waals surface area contributed by atoms with Crippen molar-refractivity contribution in [1.82, 2.24) is 24.3 Å². The summed E-state index contributed by atoms with van der Waals surface area (Å²) in [6.45, 7) is 9.13. The smallest absolute Gasteiger partial charge is 0.261 e. The molecule has 0 spiro atoms. The Balaban J connectivity index is 1.59. The average Bonchev–Trinajstić information content (AvgIpc) is 3.24. The van der Waals surface area contributed by atoms with E-state index in [0.29, 0.717) is 11.1 Å². The van der Waals surface area contributed by atoms with Crippen molar-refractivity contribution in [3.05, 3.63) is 64.7 Å².